The Hall–Kier alpha value is -1.43. The second-order valence-corrected chi connectivity index (χ2v) is 22.8. The molecule has 1 aromatic carbocycles. The number of aromatic nitrogens is 1. The van der Waals surface area contributed by atoms with Gasteiger partial charge < -0.3 is 9.47 Å². The highest BCUT2D eigenvalue weighted by molar-refractivity contribution is 6.76. The maximum atomic E-state index is 13.7. The third kappa shape index (κ3) is 7.53. The van der Waals surface area contributed by atoms with Crippen molar-refractivity contribution < 1.29 is 18.5 Å². The molecule has 0 N–H and O–H groups in total. The third-order valence-electron chi connectivity index (χ3n) is 5.49. The standard InChI is InChI=1S/C24H36ClFN3O2Si2/c1-32(2,3)11-9-30-17-29(18-31-10-12-33(4,5)6)24(25)15-23(28-29)20-13-19-14-21(26)7-8-22(19)27-16-20/h7-8,13-16H,9-12,17-18H2,1-6H3/q+1. The van der Waals surface area contributed by atoms with Gasteiger partial charge in [-0.15, -0.1) is 4.59 Å². The smallest absolute Gasteiger partial charge is 0.234 e. The predicted octanol–water partition coefficient (Wildman–Crippen LogP) is 6.61. The lowest BCUT2D eigenvalue weighted by Gasteiger charge is -2.28. The summed E-state index contributed by atoms with van der Waals surface area (Å²) in [5.74, 6) is -0.292. The summed E-state index contributed by atoms with van der Waals surface area (Å²) in [6, 6.07) is 8.60. The van der Waals surface area contributed by atoms with Crippen LogP contribution in [0.5, 0.6) is 0 Å². The van der Waals surface area contributed by atoms with E-state index < -0.39 is 16.1 Å². The number of ether oxygens (including phenoxy) is 2. The van der Waals surface area contributed by atoms with Crippen molar-refractivity contribution >= 4 is 44.4 Å². The van der Waals surface area contributed by atoms with Gasteiger partial charge in [-0.25, -0.2) is 4.39 Å². The van der Waals surface area contributed by atoms with Crippen LogP contribution in [0.25, 0.3) is 10.9 Å². The van der Waals surface area contributed by atoms with E-state index in [-0.39, 0.29) is 10.4 Å². The van der Waals surface area contributed by atoms with Gasteiger partial charge in [0.1, 0.15) is 11.5 Å². The minimum atomic E-state index is -1.21. The quantitative estimate of drug-likeness (QED) is 0.148. The van der Waals surface area contributed by atoms with E-state index in [1.54, 1.807) is 12.3 Å². The van der Waals surface area contributed by atoms with Gasteiger partial charge in [0.05, 0.1) is 18.7 Å². The van der Waals surface area contributed by atoms with Crippen LogP contribution in [0.4, 0.5) is 4.39 Å². The van der Waals surface area contributed by atoms with Crippen molar-refractivity contribution in [2.24, 2.45) is 5.10 Å². The first-order valence-corrected chi connectivity index (χ1v) is 19.2. The fourth-order valence-electron chi connectivity index (χ4n) is 3.31. The van der Waals surface area contributed by atoms with Gasteiger partial charge in [-0.1, -0.05) is 44.4 Å². The fraction of sp³-hybridized carbons (Fsp3) is 0.500. The lowest BCUT2D eigenvalue weighted by molar-refractivity contribution is -0.927. The molecular weight excluding hydrogens is 473 g/mol. The highest BCUT2D eigenvalue weighted by Crippen LogP contribution is 2.31. The third-order valence-corrected chi connectivity index (χ3v) is 9.33. The van der Waals surface area contributed by atoms with Crippen LogP contribution in [0.3, 0.4) is 0 Å². The van der Waals surface area contributed by atoms with Gasteiger partial charge in [-0.3, -0.25) is 4.98 Å². The van der Waals surface area contributed by atoms with Gasteiger partial charge in [0.25, 0.3) is 0 Å². The molecule has 5 nitrogen and oxygen atoms in total. The molecule has 0 bridgehead atoms. The molecule has 2 heterocycles. The minimum absolute atomic E-state index is 0.0511. The fourth-order valence-corrected chi connectivity index (χ4v) is 5.06. The number of benzene rings is 1. The van der Waals surface area contributed by atoms with Crippen molar-refractivity contribution in [3.63, 3.8) is 0 Å². The summed E-state index contributed by atoms with van der Waals surface area (Å²) < 4.78 is 25.9. The number of hydrogen-bond acceptors (Lipinski definition) is 4. The van der Waals surface area contributed by atoms with Crippen LogP contribution in [0.2, 0.25) is 51.4 Å². The molecule has 3 rings (SSSR count). The Bertz CT molecular complexity index is 1030. The van der Waals surface area contributed by atoms with Crippen molar-refractivity contribution in [3.8, 4) is 0 Å². The van der Waals surface area contributed by atoms with Crippen LogP contribution in [0.15, 0.2) is 46.8 Å². The number of pyridine rings is 1. The largest absolute Gasteiger partial charge is 0.329 e. The van der Waals surface area contributed by atoms with Crippen LogP contribution < -0.4 is 0 Å². The molecule has 1 aliphatic rings. The van der Waals surface area contributed by atoms with E-state index in [9.17, 15) is 4.39 Å². The first-order valence-electron chi connectivity index (χ1n) is 11.4. The molecule has 33 heavy (non-hydrogen) atoms. The summed E-state index contributed by atoms with van der Waals surface area (Å²) in [6.45, 7) is 15.9. The molecule has 0 unspecified atom stereocenters. The molecule has 2 aromatic rings. The second-order valence-electron chi connectivity index (χ2n) is 11.1. The molecule has 1 aliphatic heterocycles. The van der Waals surface area contributed by atoms with Crippen LogP contribution in [-0.2, 0) is 9.47 Å². The summed E-state index contributed by atoms with van der Waals surface area (Å²) in [6.07, 6.45) is 3.59. The highest BCUT2D eigenvalue weighted by atomic mass is 35.5. The number of hydrogen-bond donors (Lipinski definition) is 0. The molecule has 0 saturated heterocycles. The zero-order valence-electron chi connectivity index (χ0n) is 20.6. The Balaban J connectivity index is 1.82. The van der Waals surface area contributed by atoms with Crippen molar-refractivity contribution in [2.45, 2.75) is 51.4 Å². The van der Waals surface area contributed by atoms with Crippen LogP contribution >= 0.6 is 11.6 Å². The maximum Gasteiger partial charge on any atom is 0.234 e. The Morgan fingerprint density at radius 2 is 1.55 bits per heavy atom. The Morgan fingerprint density at radius 1 is 0.939 bits per heavy atom. The number of quaternary nitrogens is 1. The zero-order chi connectivity index (χ0) is 24.3. The molecule has 0 amide bonds. The van der Waals surface area contributed by atoms with Gasteiger partial charge in [-0.05, 0) is 48.0 Å². The van der Waals surface area contributed by atoms with Crippen molar-refractivity contribution in [2.75, 3.05) is 26.7 Å². The molecule has 0 fully saturated rings. The van der Waals surface area contributed by atoms with E-state index in [0.29, 0.717) is 37.5 Å². The number of nitrogens with zero attached hydrogens (tertiary/aromatic N) is 3. The molecule has 180 valence electrons. The number of rotatable bonds is 11. The predicted molar refractivity (Wildman–Crippen MR) is 140 cm³/mol. The lowest BCUT2D eigenvalue weighted by atomic mass is 10.1. The number of halogens is 2. The van der Waals surface area contributed by atoms with E-state index in [2.05, 4.69) is 44.3 Å². The first kappa shape index (κ1) is 26.2. The molecule has 0 saturated carbocycles. The van der Waals surface area contributed by atoms with Gasteiger partial charge >= 0.3 is 0 Å². The van der Waals surface area contributed by atoms with E-state index in [1.807, 2.05) is 12.1 Å². The summed E-state index contributed by atoms with van der Waals surface area (Å²) in [4.78, 5) is 4.46. The van der Waals surface area contributed by atoms with Crippen LogP contribution in [0.1, 0.15) is 5.56 Å². The Kier molecular flexibility index (Phi) is 8.30. The molecule has 9 heteroatoms. The molecule has 0 radical (unpaired) electrons. The van der Waals surface area contributed by atoms with Gasteiger partial charge in [0.15, 0.2) is 0 Å². The summed E-state index contributed by atoms with van der Waals surface area (Å²) in [7, 11) is -2.41. The summed E-state index contributed by atoms with van der Waals surface area (Å²) >= 11 is 6.76. The highest BCUT2D eigenvalue weighted by Gasteiger charge is 2.39. The van der Waals surface area contributed by atoms with E-state index in [4.69, 9.17) is 26.2 Å². The molecule has 0 spiro atoms. The van der Waals surface area contributed by atoms with Gasteiger partial charge in [0.2, 0.25) is 18.6 Å². The van der Waals surface area contributed by atoms with Crippen LogP contribution in [-0.4, -0.2) is 58.1 Å². The van der Waals surface area contributed by atoms with E-state index >= 15 is 0 Å². The number of fused-ring (bicyclic) bond motifs is 1. The monoisotopic (exact) mass is 508 g/mol. The number of allylic oxidation sites excluding steroid dienone is 1. The lowest BCUT2D eigenvalue weighted by Crippen LogP contribution is -2.43. The molecule has 0 atom stereocenters. The minimum Gasteiger partial charge on any atom is -0.329 e. The Labute approximate surface area is 203 Å². The second kappa shape index (κ2) is 10.5. The topological polar surface area (TPSA) is 43.7 Å². The van der Waals surface area contributed by atoms with Crippen LogP contribution in [0, 0.1) is 5.82 Å². The normalized spacial score (nSPS) is 16.2. The average Bonchev–Trinajstić information content (AvgIpc) is 3.03. The van der Waals surface area contributed by atoms with Gasteiger partial charge in [0, 0.05) is 39.4 Å². The van der Waals surface area contributed by atoms with E-state index in [0.717, 1.165) is 28.6 Å². The average molecular weight is 509 g/mol. The zero-order valence-corrected chi connectivity index (χ0v) is 23.4. The van der Waals surface area contributed by atoms with Crippen molar-refractivity contribution in [1.82, 2.24) is 4.98 Å². The van der Waals surface area contributed by atoms with E-state index in [1.165, 1.54) is 12.1 Å². The van der Waals surface area contributed by atoms with Crippen molar-refractivity contribution in [3.05, 3.63) is 53.1 Å². The molecule has 1 aromatic heterocycles. The maximum absolute atomic E-state index is 13.7. The summed E-state index contributed by atoms with van der Waals surface area (Å²) in [5, 5.41) is 6.21. The first-order chi connectivity index (χ1) is 15.4. The van der Waals surface area contributed by atoms with Gasteiger partial charge in [-0.2, -0.15) is 0 Å². The summed E-state index contributed by atoms with van der Waals surface area (Å²) in [5.41, 5.74) is 2.22. The Morgan fingerprint density at radius 3 is 2.12 bits per heavy atom. The SMILES string of the molecule is C[Si](C)(C)CCOC[N+]1(COCC[Si](C)(C)C)N=C(c2cnc3ccc(F)cc3c2)C=C1Cl. The molecular formula is C24H36ClFN3O2Si2+. The molecule has 0 aliphatic carbocycles. The van der Waals surface area contributed by atoms with Crippen molar-refractivity contribution in [1.29, 1.82) is 0 Å².